The van der Waals surface area contributed by atoms with Crippen molar-refractivity contribution in [1.29, 1.82) is 0 Å². The average Bonchev–Trinajstić information content (AvgIpc) is 2.86. The molecule has 0 saturated carbocycles. The second-order valence-corrected chi connectivity index (χ2v) is 8.81. The molecule has 1 aromatic rings. The highest BCUT2D eigenvalue weighted by Crippen LogP contribution is 2.46. The largest absolute Gasteiger partial charge is 0.490 e. The summed E-state index contributed by atoms with van der Waals surface area (Å²) < 4.78 is 17.9. The van der Waals surface area contributed by atoms with Crippen molar-refractivity contribution in [3.63, 3.8) is 0 Å². The minimum atomic E-state index is -0.601. The van der Waals surface area contributed by atoms with Crippen LogP contribution in [0.3, 0.4) is 0 Å². The number of rotatable bonds is 5. The van der Waals surface area contributed by atoms with Gasteiger partial charge in [-0.05, 0) is 65.5 Å². The SMILES string of the molecule is Cc1c(CCC2CC(O)CC(=O)O2)c2c(c(C)c1OC(C)C)CC(C)(C)O2. The molecule has 0 amide bonds. The zero-order valence-corrected chi connectivity index (χ0v) is 17.3. The van der Waals surface area contributed by atoms with Gasteiger partial charge in [0, 0.05) is 24.0 Å². The van der Waals surface area contributed by atoms with Crippen molar-refractivity contribution in [2.24, 2.45) is 0 Å². The minimum Gasteiger partial charge on any atom is -0.490 e. The number of aliphatic hydroxyl groups excluding tert-OH is 1. The molecule has 2 unspecified atom stereocenters. The van der Waals surface area contributed by atoms with E-state index >= 15 is 0 Å². The fourth-order valence-corrected chi connectivity index (χ4v) is 4.21. The highest BCUT2D eigenvalue weighted by Gasteiger charge is 2.36. The number of carbonyl (C=O) groups is 1. The monoisotopic (exact) mass is 376 g/mol. The van der Waals surface area contributed by atoms with E-state index in [1.54, 1.807) is 0 Å². The van der Waals surface area contributed by atoms with Crippen LogP contribution < -0.4 is 9.47 Å². The minimum absolute atomic E-state index is 0.0954. The number of cyclic esters (lactones) is 1. The summed E-state index contributed by atoms with van der Waals surface area (Å²) in [5, 5.41) is 9.86. The summed E-state index contributed by atoms with van der Waals surface area (Å²) in [6.07, 6.45) is 2.09. The van der Waals surface area contributed by atoms with Gasteiger partial charge in [0.25, 0.3) is 0 Å². The van der Waals surface area contributed by atoms with Crippen LogP contribution in [0.1, 0.15) is 69.2 Å². The number of hydrogen-bond donors (Lipinski definition) is 1. The lowest BCUT2D eigenvalue weighted by molar-refractivity contribution is -0.160. The molecule has 2 heterocycles. The molecule has 1 fully saturated rings. The van der Waals surface area contributed by atoms with E-state index < -0.39 is 6.10 Å². The molecule has 3 rings (SSSR count). The molecule has 5 heteroatoms. The van der Waals surface area contributed by atoms with Gasteiger partial charge in [-0.1, -0.05) is 0 Å². The number of carbonyl (C=O) groups excluding carboxylic acids is 1. The Balaban J connectivity index is 1.92. The summed E-state index contributed by atoms with van der Waals surface area (Å²) in [5.74, 6) is 1.60. The lowest BCUT2D eigenvalue weighted by Crippen LogP contribution is -2.32. The summed E-state index contributed by atoms with van der Waals surface area (Å²) in [5.41, 5.74) is 4.37. The Bertz CT molecular complexity index is 731. The quantitative estimate of drug-likeness (QED) is 0.792. The smallest absolute Gasteiger partial charge is 0.308 e. The lowest BCUT2D eigenvalue weighted by atomic mass is 9.90. The van der Waals surface area contributed by atoms with Gasteiger partial charge in [-0.25, -0.2) is 0 Å². The zero-order chi connectivity index (χ0) is 19.9. The first-order valence-corrected chi connectivity index (χ1v) is 9.95. The third-order valence-electron chi connectivity index (χ3n) is 5.42. The van der Waals surface area contributed by atoms with Gasteiger partial charge >= 0.3 is 5.97 Å². The van der Waals surface area contributed by atoms with E-state index in [2.05, 4.69) is 27.7 Å². The molecular formula is C22H32O5. The number of fused-ring (bicyclic) bond motifs is 1. The normalized spacial score (nSPS) is 23.8. The van der Waals surface area contributed by atoms with E-state index in [1.165, 1.54) is 5.56 Å². The van der Waals surface area contributed by atoms with Gasteiger partial charge < -0.3 is 19.3 Å². The van der Waals surface area contributed by atoms with Crippen LogP contribution in [0.2, 0.25) is 0 Å². The number of benzene rings is 1. The average molecular weight is 376 g/mol. The second-order valence-electron chi connectivity index (χ2n) is 8.81. The van der Waals surface area contributed by atoms with Crippen LogP contribution in [0.15, 0.2) is 0 Å². The Morgan fingerprint density at radius 1 is 1.26 bits per heavy atom. The van der Waals surface area contributed by atoms with Crippen LogP contribution in [0.25, 0.3) is 0 Å². The molecule has 0 radical (unpaired) electrons. The fourth-order valence-electron chi connectivity index (χ4n) is 4.21. The molecule has 0 aromatic heterocycles. The van der Waals surface area contributed by atoms with Crippen LogP contribution >= 0.6 is 0 Å². The Labute approximate surface area is 162 Å². The van der Waals surface area contributed by atoms with Gasteiger partial charge in [-0.15, -0.1) is 0 Å². The standard InChI is InChI=1S/C22H32O5/c1-12(2)25-20-13(3)17(8-7-16-9-15(23)10-19(24)26-16)21-18(14(20)4)11-22(5,6)27-21/h12,15-16,23H,7-11H2,1-6H3. The molecule has 2 aliphatic heterocycles. The first kappa shape index (κ1) is 20.0. The van der Waals surface area contributed by atoms with Crippen LogP contribution in [0, 0.1) is 13.8 Å². The molecule has 0 spiro atoms. The summed E-state index contributed by atoms with van der Waals surface area (Å²) >= 11 is 0. The van der Waals surface area contributed by atoms with Gasteiger partial charge in [0.05, 0.1) is 18.6 Å². The highest BCUT2D eigenvalue weighted by molar-refractivity contribution is 5.71. The van der Waals surface area contributed by atoms with Crippen molar-refractivity contribution in [2.75, 3.05) is 0 Å². The molecule has 1 aromatic carbocycles. The summed E-state index contributed by atoms with van der Waals surface area (Å²) in [6, 6.07) is 0. The maximum Gasteiger partial charge on any atom is 0.308 e. The Hall–Kier alpha value is -1.75. The van der Waals surface area contributed by atoms with Crippen molar-refractivity contribution in [1.82, 2.24) is 0 Å². The number of esters is 1. The van der Waals surface area contributed by atoms with E-state index in [0.717, 1.165) is 41.0 Å². The third-order valence-corrected chi connectivity index (χ3v) is 5.42. The zero-order valence-electron chi connectivity index (χ0n) is 17.3. The predicted octanol–water partition coefficient (Wildman–Crippen LogP) is 3.80. The summed E-state index contributed by atoms with van der Waals surface area (Å²) in [4.78, 5) is 11.6. The molecule has 5 nitrogen and oxygen atoms in total. The predicted molar refractivity (Wildman–Crippen MR) is 104 cm³/mol. The van der Waals surface area contributed by atoms with Crippen LogP contribution in [0.5, 0.6) is 11.5 Å². The van der Waals surface area contributed by atoms with Gasteiger partial charge in [0.1, 0.15) is 23.2 Å². The molecule has 2 atom stereocenters. The maximum atomic E-state index is 11.6. The maximum absolute atomic E-state index is 11.6. The second kappa shape index (κ2) is 7.34. The molecule has 1 saturated heterocycles. The lowest BCUT2D eigenvalue weighted by Gasteiger charge is -2.27. The first-order chi connectivity index (χ1) is 12.6. The van der Waals surface area contributed by atoms with E-state index in [1.807, 2.05) is 13.8 Å². The Morgan fingerprint density at radius 3 is 2.59 bits per heavy atom. The Morgan fingerprint density at radius 2 is 1.96 bits per heavy atom. The molecule has 0 bridgehead atoms. The van der Waals surface area contributed by atoms with Crippen molar-refractivity contribution < 1.29 is 24.1 Å². The van der Waals surface area contributed by atoms with E-state index in [9.17, 15) is 9.90 Å². The van der Waals surface area contributed by atoms with Gasteiger partial charge in [0.15, 0.2) is 0 Å². The fraction of sp³-hybridized carbons (Fsp3) is 0.682. The molecule has 0 aliphatic carbocycles. The third kappa shape index (κ3) is 4.23. The topological polar surface area (TPSA) is 65.0 Å². The van der Waals surface area contributed by atoms with Crippen LogP contribution in [-0.2, 0) is 22.4 Å². The van der Waals surface area contributed by atoms with Gasteiger partial charge in [-0.3, -0.25) is 4.79 Å². The van der Waals surface area contributed by atoms with Crippen molar-refractivity contribution >= 4 is 5.97 Å². The number of ether oxygens (including phenoxy) is 3. The van der Waals surface area contributed by atoms with Crippen LogP contribution in [-0.4, -0.2) is 35.0 Å². The van der Waals surface area contributed by atoms with Crippen LogP contribution in [0.4, 0.5) is 0 Å². The molecule has 27 heavy (non-hydrogen) atoms. The molecule has 1 N–H and O–H groups in total. The molecular weight excluding hydrogens is 344 g/mol. The highest BCUT2D eigenvalue weighted by atomic mass is 16.5. The van der Waals surface area contributed by atoms with Crippen molar-refractivity contribution in [3.05, 3.63) is 22.3 Å². The summed E-state index contributed by atoms with van der Waals surface area (Å²) in [6.45, 7) is 12.5. The molecule has 2 aliphatic rings. The van der Waals surface area contributed by atoms with E-state index in [4.69, 9.17) is 14.2 Å². The Kier molecular flexibility index (Phi) is 5.44. The molecule has 150 valence electrons. The van der Waals surface area contributed by atoms with Crippen molar-refractivity contribution in [2.45, 2.75) is 97.6 Å². The summed E-state index contributed by atoms with van der Waals surface area (Å²) in [7, 11) is 0. The number of hydrogen-bond acceptors (Lipinski definition) is 5. The van der Waals surface area contributed by atoms with E-state index in [0.29, 0.717) is 12.8 Å². The van der Waals surface area contributed by atoms with E-state index in [-0.39, 0.29) is 30.2 Å². The van der Waals surface area contributed by atoms with Gasteiger partial charge in [-0.2, -0.15) is 0 Å². The van der Waals surface area contributed by atoms with Gasteiger partial charge in [0.2, 0.25) is 0 Å². The number of aliphatic hydroxyl groups is 1. The van der Waals surface area contributed by atoms with Crippen molar-refractivity contribution in [3.8, 4) is 11.5 Å². The first-order valence-electron chi connectivity index (χ1n) is 9.95.